The van der Waals surface area contributed by atoms with E-state index in [4.69, 9.17) is 11.5 Å². The van der Waals surface area contributed by atoms with Crippen LogP contribution in [0.5, 0.6) is 0 Å². The molecule has 0 heterocycles. The van der Waals surface area contributed by atoms with Gasteiger partial charge in [-0.25, -0.2) is 0 Å². The molecule has 4 atom stereocenters. The number of primary amides is 1. The Bertz CT molecular complexity index is 1050. The monoisotopic (exact) mass is 507 g/mol. The minimum atomic E-state index is -0.898. The zero-order valence-corrected chi connectivity index (χ0v) is 21.0. The van der Waals surface area contributed by atoms with Gasteiger partial charge in [0.15, 0.2) is 0 Å². The first-order chi connectivity index (χ1) is 17.9. The van der Waals surface area contributed by atoms with Crippen molar-refractivity contribution >= 4 is 23.6 Å². The summed E-state index contributed by atoms with van der Waals surface area (Å²) in [5, 5.41) is 8.60. The highest BCUT2D eigenvalue weighted by molar-refractivity contribution is 5.98. The highest BCUT2D eigenvalue weighted by Gasteiger charge is 2.35. The number of carbonyl (C=O) groups is 4. The number of nitrogens with two attached hydrogens (primary N) is 2. The summed E-state index contributed by atoms with van der Waals surface area (Å²) in [6.07, 6.45) is 4.07. The summed E-state index contributed by atoms with van der Waals surface area (Å²) in [4.78, 5) is 51.4. The topological polar surface area (TPSA) is 156 Å². The van der Waals surface area contributed by atoms with Crippen molar-refractivity contribution in [2.45, 2.75) is 63.1 Å². The molecule has 37 heavy (non-hydrogen) atoms. The van der Waals surface area contributed by atoms with Crippen LogP contribution in [0.4, 0.5) is 0 Å². The van der Waals surface area contributed by atoms with E-state index in [-0.39, 0.29) is 24.3 Å². The quantitative estimate of drug-likeness (QED) is 0.259. The molecule has 0 aliphatic heterocycles. The molecule has 1 aliphatic rings. The van der Waals surface area contributed by atoms with Crippen LogP contribution in [0.2, 0.25) is 0 Å². The smallest absolute Gasteiger partial charge is 0.251 e. The molecular formula is C28H37N5O4. The standard InChI is InChI=1S/C28H37N5O4/c29-17-8-7-15-23(27(36)31-22-16-9-14-21(22)25(30)34)32-28(37)24(18-19-10-3-1-4-11-19)33-26(35)20-12-5-2-6-13-20/h1-6,10-13,21-24H,7-9,14-18,29H2,(H2,30,34)(H,31,36)(H,32,37)(H,33,35)/t21-,22-,23-,24-/m0/s1. The Kier molecular flexibility index (Phi) is 10.6. The summed E-state index contributed by atoms with van der Waals surface area (Å²) in [6.45, 7) is 0.471. The SMILES string of the molecule is NCCCC[C@H](NC(=O)[C@H](Cc1ccccc1)NC(=O)c1ccccc1)C(=O)N[C@H]1CCC[C@@H]1C(N)=O. The molecule has 2 aromatic rings. The highest BCUT2D eigenvalue weighted by atomic mass is 16.2. The number of rotatable bonds is 13. The first kappa shape index (κ1) is 27.9. The lowest BCUT2D eigenvalue weighted by atomic mass is 10.0. The second-order valence-electron chi connectivity index (χ2n) is 9.48. The van der Waals surface area contributed by atoms with Crippen LogP contribution in [0.1, 0.15) is 54.4 Å². The maximum absolute atomic E-state index is 13.5. The van der Waals surface area contributed by atoms with E-state index in [0.717, 1.165) is 12.0 Å². The molecule has 2 aromatic carbocycles. The van der Waals surface area contributed by atoms with Crippen LogP contribution in [-0.2, 0) is 20.8 Å². The Hall–Kier alpha value is -3.72. The molecular weight excluding hydrogens is 470 g/mol. The molecule has 9 nitrogen and oxygen atoms in total. The van der Waals surface area contributed by atoms with Crippen molar-refractivity contribution in [2.75, 3.05) is 6.54 Å². The normalized spacial score (nSPS) is 18.4. The van der Waals surface area contributed by atoms with Gasteiger partial charge in [0.1, 0.15) is 12.1 Å². The summed E-state index contributed by atoms with van der Waals surface area (Å²) in [5.74, 6) is -2.05. The fraction of sp³-hybridized carbons (Fsp3) is 0.429. The molecule has 0 unspecified atom stereocenters. The molecule has 3 rings (SSSR count). The molecule has 4 amide bonds. The van der Waals surface area contributed by atoms with E-state index in [2.05, 4.69) is 16.0 Å². The number of carbonyl (C=O) groups excluding carboxylic acids is 4. The lowest BCUT2D eigenvalue weighted by Crippen LogP contribution is -2.56. The van der Waals surface area contributed by atoms with Gasteiger partial charge < -0.3 is 27.4 Å². The van der Waals surface area contributed by atoms with E-state index in [0.29, 0.717) is 44.2 Å². The zero-order valence-electron chi connectivity index (χ0n) is 21.0. The molecule has 0 aromatic heterocycles. The summed E-state index contributed by atoms with van der Waals surface area (Å²) in [7, 11) is 0. The fourth-order valence-electron chi connectivity index (χ4n) is 4.68. The lowest BCUT2D eigenvalue weighted by Gasteiger charge is -2.26. The second-order valence-corrected chi connectivity index (χ2v) is 9.48. The summed E-state index contributed by atoms with van der Waals surface area (Å²) >= 11 is 0. The van der Waals surface area contributed by atoms with Crippen molar-refractivity contribution in [1.29, 1.82) is 0 Å². The molecule has 9 heteroatoms. The number of unbranched alkanes of at least 4 members (excludes halogenated alkanes) is 1. The zero-order chi connectivity index (χ0) is 26.6. The van der Waals surface area contributed by atoms with Gasteiger partial charge in [-0.3, -0.25) is 19.2 Å². The lowest BCUT2D eigenvalue weighted by molar-refractivity contribution is -0.131. The highest BCUT2D eigenvalue weighted by Crippen LogP contribution is 2.25. The van der Waals surface area contributed by atoms with Crippen LogP contribution in [-0.4, -0.2) is 48.3 Å². The Morgan fingerprint density at radius 3 is 2.16 bits per heavy atom. The third-order valence-electron chi connectivity index (χ3n) is 6.73. The van der Waals surface area contributed by atoms with E-state index < -0.39 is 29.8 Å². The average Bonchev–Trinajstić information content (AvgIpc) is 3.37. The molecule has 1 aliphatic carbocycles. The molecule has 1 saturated carbocycles. The van der Waals surface area contributed by atoms with Gasteiger partial charge in [0, 0.05) is 18.0 Å². The van der Waals surface area contributed by atoms with Crippen LogP contribution in [0.15, 0.2) is 60.7 Å². The van der Waals surface area contributed by atoms with E-state index in [9.17, 15) is 19.2 Å². The maximum Gasteiger partial charge on any atom is 0.251 e. The van der Waals surface area contributed by atoms with Crippen molar-refractivity contribution in [2.24, 2.45) is 17.4 Å². The number of amides is 4. The maximum atomic E-state index is 13.5. The van der Waals surface area contributed by atoms with Gasteiger partial charge in [0.05, 0.1) is 5.92 Å². The molecule has 0 spiro atoms. The van der Waals surface area contributed by atoms with Crippen molar-refractivity contribution in [1.82, 2.24) is 16.0 Å². The van der Waals surface area contributed by atoms with E-state index in [1.54, 1.807) is 24.3 Å². The molecule has 1 fully saturated rings. The Balaban J connectivity index is 1.75. The van der Waals surface area contributed by atoms with E-state index >= 15 is 0 Å². The predicted molar refractivity (Wildman–Crippen MR) is 141 cm³/mol. The van der Waals surface area contributed by atoms with E-state index in [1.807, 2.05) is 36.4 Å². The van der Waals surface area contributed by atoms with Gasteiger partial charge in [-0.2, -0.15) is 0 Å². The molecule has 0 bridgehead atoms. The Labute approximate surface area is 217 Å². The predicted octanol–water partition coefficient (Wildman–Crippen LogP) is 1.41. The largest absolute Gasteiger partial charge is 0.369 e. The summed E-state index contributed by atoms with van der Waals surface area (Å²) in [6, 6.07) is 15.9. The fourth-order valence-corrected chi connectivity index (χ4v) is 4.68. The third-order valence-corrected chi connectivity index (χ3v) is 6.73. The van der Waals surface area contributed by atoms with Gasteiger partial charge >= 0.3 is 0 Å². The Morgan fingerprint density at radius 2 is 1.51 bits per heavy atom. The van der Waals surface area contributed by atoms with Gasteiger partial charge in [0.25, 0.3) is 5.91 Å². The van der Waals surface area contributed by atoms with Crippen LogP contribution in [0.3, 0.4) is 0 Å². The first-order valence-corrected chi connectivity index (χ1v) is 12.9. The number of nitrogens with one attached hydrogen (secondary N) is 3. The van der Waals surface area contributed by atoms with Crippen LogP contribution in [0.25, 0.3) is 0 Å². The molecule has 7 N–H and O–H groups in total. The average molecular weight is 508 g/mol. The number of benzene rings is 2. The van der Waals surface area contributed by atoms with Crippen LogP contribution in [0, 0.1) is 5.92 Å². The number of hydrogen-bond acceptors (Lipinski definition) is 5. The Morgan fingerprint density at radius 1 is 0.838 bits per heavy atom. The van der Waals surface area contributed by atoms with Crippen molar-refractivity contribution in [3.05, 3.63) is 71.8 Å². The number of hydrogen-bond donors (Lipinski definition) is 5. The van der Waals surface area contributed by atoms with Gasteiger partial charge in [-0.15, -0.1) is 0 Å². The summed E-state index contributed by atoms with van der Waals surface area (Å²) < 4.78 is 0. The van der Waals surface area contributed by atoms with E-state index in [1.165, 1.54) is 0 Å². The minimum absolute atomic E-state index is 0.259. The summed E-state index contributed by atoms with van der Waals surface area (Å²) in [5.41, 5.74) is 12.5. The molecule has 198 valence electrons. The van der Waals surface area contributed by atoms with Gasteiger partial charge in [0.2, 0.25) is 17.7 Å². The minimum Gasteiger partial charge on any atom is -0.369 e. The van der Waals surface area contributed by atoms with Crippen molar-refractivity contribution < 1.29 is 19.2 Å². The third kappa shape index (κ3) is 8.42. The molecule has 0 saturated heterocycles. The van der Waals surface area contributed by atoms with Crippen LogP contribution >= 0.6 is 0 Å². The van der Waals surface area contributed by atoms with Crippen LogP contribution < -0.4 is 27.4 Å². The van der Waals surface area contributed by atoms with Crippen molar-refractivity contribution in [3.63, 3.8) is 0 Å². The van der Waals surface area contributed by atoms with Gasteiger partial charge in [-0.05, 0) is 56.3 Å². The van der Waals surface area contributed by atoms with Gasteiger partial charge in [-0.1, -0.05) is 55.0 Å². The second kappa shape index (κ2) is 14.1. The van der Waals surface area contributed by atoms with Crippen molar-refractivity contribution in [3.8, 4) is 0 Å². The molecule has 0 radical (unpaired) electrons. The first-order valence-electron chi connectivity index (χ1n) is 12.9.